The largest absolute Gasteiger partial charge is 0.383 e. The van der Waals surface area contributed by atoms with Crippen LogP contribution in [0.1, 0.15) is 17.5 Å². The number of hydrogen-bond donors (Lipinski definition) is 1. The average molecular weight is 407 g/mol. The molecule has 1 aliphatic rings. The molecule has 0 amide bonds. The third-order valence-corrected chi connectivity index (χ3v) is 5.90. The molecule has 4 aromatic heterocycles. The molecule has 6 rings (SSSR count). The van der Waals surface area contributed by atoms with E-state index in [9.17, 15) is 0 Å². The summed E-state index contributed by atoms with van der Waals surface area (Å²) < 4.78 is 3.87. The molecule has 0 saturated heterocycles. The van der Waals surface area contributed by atoms with Gasteiger partial charge in [0.15, 0.2) is 11.5 Å². The molecule has 0 bridgehead atoms. The summed E-state index contributed by atoms with van der Waals surface area (Å²) in [6.45, 7) is 0. The third-order valence-electron chi connectivity index (χ3n) is 5.90. The minimum Gasteiger partial charge on any atom is -0.383 e. The second-order valence-corrected chi connectivity index (χ2v) is 7.93. The molecule has 1 aromatic carbocycles. The first kappa shape index (κ1) is 17.8. The summed E-state index contributed by atoms with van der Waals surface area (Å²) >= 11 is 0. The maximum atomic E-state index is 6.24. The Bertz CT molecular complexity index is 1440. The van der Waals surface area contributed by atoms with Gasteiger partial charge < -0.3 is 5.73 Å². The second kappa shape index (κ2) is 6.77. The van der Waals surface area contributed by atoms with Gasteiger partial charge in [-0.05, 0) is 72.9 Å². The number of aryl methyl sites for hydroxylation is 3. The van der Waals surface area contributed by atoms with Gasteiger partial charge in [0.1, 0.15) is 17.0 Å². The Morgan fingerprint density at radius 1 is 0.935 bits per heavy atom. The Balaban J connectivity index is 1.64. The van der Waals surface area contributed by atoms with E-state index in [-0.39, 0.29) is 0 Å². The zero-order valence-electron chi connectivity index (χ0n) is 17.2. The zero-order chi connectivity index (χ0) is 20.9. The van der Waals surface area contributed by atoms with Crippen LogP contribution in [0.3, 0.4) is 0 Å². The van der Waals surface area contributed by atoms with Crippen LogP contribution in [-0.4, -0.2) is 29.3 Å². The zero-order valence-corrected chi connectivity index (χ0v) is 17.2. The maximum absolute atomic E-state index is 6.24. The van der Waals surface area contributed by atoms with Crippen LogP contribution < -0.4 is 5.73 Å². The number of fused-ring (bicyclic) bond motifs is 2. The highest BCUT2D eigenvalue weighted by molar-refractivity contribution is 5.84. The quantitative estimate of drug-likeness (QED) is 0.489. The van der Waals surface area contributed by atoms with Gasteiger partial charge in [0.2, 0.25) is 0 Å². The topological polar surface area (TPSA) is 87.4 Å². The van der Waals surface area contributed by atoms with Gasteiger partial charge in [-0.3, -0.25) is 9.25 Å². The Kier molecular flexibility index (Phi) is 3.89. The normalized spacial score (nSPS) is 13.1. The number of nitrogen functional groups attached to an aromatic ring is 1. The first-order valence-electron chi connectivity index (χ1n) is 10.4. The van der Waals surface area contributed by atoms with Crippen LogP contribution in [0.2, 0.25) is 0 Å². The van der Waals surface area contributed by atoms with Crippen molar-refractivity contribution in [2.45, 2.75) is 19.3 Å². The summed E-state index contributed by atoms with van der Waals surface area (Å²) in [7, 11) is 1.90. The fourth-order valence-corrected chi connectivity index (χ4v) is 4.38. The van der Waals surface area contributed by atoms with Gasteiger partial charge >= 0.3 is 0 Å². The highest BCUT2D eigenvalue weighted by Crippen LogP contribution is 2.33. The van der Waals surface area contributed by atoms with E-state index >= 15 is 0 Å². The lowest BCUT2D eigenvalue weighted by molar-refractivity contribution is 0.770. The Hall–Kier alpha value is -4.00. The predicted molar refractivity (Wildman–Crippen MR) is 121 cm³/mol. The SMILES string of the molecule is Cn1ccc(-c2ccc3nc(-c4cccnc4N)n(-c4ccc5c(c4)CCC5)c3n2)n1. The molecule has 0 unspecified atom stereocenters. The number of anilines is 1. The smallest absolute Gasteiger partial charge is 0.165 e. The number of nitrogens with zero attached hydrogens (tertiary/aromatic N) is 6. The Labute approximate surface area is 179 Å². The van der Waals surface area contributed by atoms with E-state index in [1.807, 2.05) is 43.6 Å². The number of imidazole rings is 1. The first-order chi connectivity index (χ1) is 15.2. The lowest BCUT2D eigenvalue weighted by Gasteiger charge is -2.12. The Morgan fingerprint density at radius 2 is 1.84 bits per heavy atom. The molecule has 4 heterocycles. The van der Waals surface area contributed by atoms with Crippen LogP contribution in [0, 0.1) is 0 Å². The number of pyridine rings is 2. The predicted octanol–water partition coefficient (Wildman–Crippen LogP) is 3.95. The average Bonchev–Trinajstić information content (AvgIpc) is 3.50. The van der Waals surface area contributed by atoms with E-state index in [4.69, 9.17) is 15.7 Å². The van der Waals surface area contributed by atoms with Gasteiger partial charge in [0.05, 0.1) is 11.3 Å². The van der Waals surface area contributed by atoms with Crippen molar-refractivity contribution >= 4 is 17.0 Å². The van der Waals surface area contributed by atoms with Gasteiger partial charge in [0, 0.05) is 25.1 Å². The number of aromatic nitrogens is 6. The minimum absolute atomic E-state index is 0.449. The molecule has 0 fully saturated rings. The van der Waals surface area contributed by atoms with Crippen molar-refractivity contribution in [3.63, 3.8) is 0 Å². The summed E-state index contributed by atoms with van der Waals surface area (Å²) in [6, 6.07) is 16.4. The van der Waals surface area contributed by atoms with Gasteiger partial charge in [-0.25, -0.2) is 15.0 Å². The molecule has 0 spiro atoms. The van der Waals surface area contributed by atoms with Crippen LogP contribution in [0.15, 0.2) is 60.9 Å². The van der Waals surface area contributed by atoms with Crippen molar-refractivity contribution < 1.29 is 0 Å². The number of nitrogens with two attached hydrogens (primary N) is 1. The van der Waals surface area contributed by atoms with Crippen LogP contribution in [0.25, 0.3) is 39.6 Å². The van der Waals surface area contributed by atoms with Crippen LogP contribution in [-0.2, 0) is 19.9 Å². The van der Waals surface area contributed by atoms with Crippen LogP contribution in [0.4, 0.5) is 5.82 Å². The fraction of sp³-hybridized carbons (Fsp3) is 0.167. The van der Waals surface area contributed by atoms with Gasteiger partial charge in [-0.1, -0.05) is 6.07 Å². The Morgan fingerprint density at radius 3 is 2.68 bits per heavy atom. The van der Waals surface area contributed by atoms with Gasteiger partial charge in [0.25, 0.3) is 0 Å². The monoisotopic (exact) mass is 407 g/mol. The third kappa shape index (κ3) is 2.89. The molecule has 2 N–H and O–H groups in total. The van der Waals surface area contributed by atoms with Crippen molar-refractivity contribution in [1.29, 1.82) is 0 Å². The molecule has 7 nitrogen and oxygen atoms in total. The summed E-state index contributed by atoms with van der Waals surface area (Å²) in [6.07, 6.45) is 7.06. The van der Waals surface area contributed by atoms with Crippen molar-refractivity contribution in [2.24, 2.45) is 7.05 Å². The fourth-order valence-electron chi connectivity index (χ4n) is 4.38. The lowest BCUT2D eigenvalue weighted by atomic mass is 10.1. The summed E-state index contributed by atoms with van der Waals surface area (Å²) in [5.41, 5.74) is 14.1. The van der Waals surface area contributed by atoms with E-state index in [2.05, 4.69) is 32.8 Å². The molecule has 7 heteroatoms. The summed E-state index contributed by atoms with van der Waals surface area (Å²) in [4.78, 5) is 14.2. The molecular formula is C24H21N7. The van der Waals surface area contributed by atoms with Crippen molar-refractivity contribution in [2.75, 3.05) is 5.73 Å². The molecule has 0 aliphatic heterocycles. The number of benzene rings is 1. The molecule has 0 radical (unpaired) electrons. The van der Waals surface area contributed by atoms with E-state index < -0.39 is 0 Å². The van der Waals surface area contributed by atoms with E-state index in [1.54, 1.807) is 10.9 Å². The maximum Gasteiger partial charge on any atom is 0.165 e. The summed E-state index contributed by atoms with van der Waals surface area (Å²) in [5.74, 6) is 1.19. The minimum atomic E-state index is 0.449. The molecule has 0 saturated carbocycles. The molecule has 152 valence electrons. The van der Waals surface area contributed by atoms with Crippen molar-refractivity contribution in [3.8, 4) is 28.5 Å². The van der Waals surface area contributed by atoms with Crippen molar-refractivity contribution in [1.82, 2.24) is 29.3 Å². The molecule has 1 aliphatic carbocycles. The van der Waals surface area contributed by atoms with Crippen molar-refractivity contribution in [3.05, 3.63) is 72.1 Å². The van der Waals surface area contributed by atoms with Crippen LogP contribution >= 0.6 is 0 Å². The molecule has 5 aromatic rings. The van der Waals surface area contributed by atoms with Crippen LogP contribution in [0.5, 0.6) is 0 Å². The number of rotatable bonds is 3. The highest BCUT2D eigenvalue weighted by Gasteiger charge is 2.20. The lowest BCUT2D eigenvalue weighted by Crippen LogP contribution is -2.03. The number of hydrogen-bond acceptors (Lipinski definition) is 5. The molecular weight excluding hydrogens is 386 g/mol. The molecule has 31 heavy (non-hydrogen) atoms. The summed E-state index contributed by atoms with van der Waals surface area (Å²) in [5, 5.41) is 4.51. The van der Waals surface area contributed by atoms with E-state index in [1.165, 1.54) is 17.5 Å². The first-order valence-corrected chi connectivity index (χ1v) is 10.4. The second-order valence-electron chi connectivity index (χ2n) is 7.93. The van der Waals surface area contributed by atoms with Gasteiger partial charge in [-0.2, -0.15) is 5.10 Å². The van der Waals surface area contributed by atoms with E-state index in [0.717, 1.165) is 52.5 Å². The van der Waals surface area contributed by atoms with E-state index in [0.29, 0.717) is 5.82 Å². The molecule has 0 atom stereocenters. The highest BCUT2D eigenvalue weighted by atomic mass is 15.3. The standard InChI is InChI=1S/C24H21N7/c1-30-13-11-20(29-30)19-9-10-21-24(27-19)31(17-8-7-15-4-2-5-16(15)14-17)23(28-21)18-6-3-12-26-22(18)25/h3,6-14H,2,4-5H2,1H3,(H2,25,26). The van der Waals surface area contributed by atoms with Gasteiger partial charge in [-0.15, -0.1) is 0 Å².